The Morgan fingerprint density at radius 1 is 1.33 bits per heavy atom. The number of benzene rings is 1. The lowest BCUT2D eigenvalue weighted by Crippen LogP contribution is -2.36. The molecule has 3 rings (SSSR count). The van der Waals surface area contributed by atoms with Crippen molar-refractivity contribution >= 4 is 5.91 Å². The molecule has 8 nitrogen and oxygen atoms in total. The fourth-order valence-corrected chi connectivity index (χ4v) is 3.40. The summed E-state index contributed by atoms with van der Waals surface area (Å²) in [5.74, 6) is 0.981. The lowest BCUT2D eigenvalue weighted by atomic mass is 9.90. The van der Waals surface area contributed by atoms with Crippen molar-refractivity contribution in [2.45, 2.75) is 12.0 Å². The van der Waals surface area contributed by atoms with E-state index in [1.165, 1.54) is 0 Å². The number of carbonyl (C=O) groups is 1. The van der Waals surface area contributed by atoms with E-state index in [0.717, 1.165) is 12.1 Å². The number of aryl methyl sites for hydroxylation is 1. The van der Waals surface area contributed by atoms with Crippen molar-refractivity contribution in [2.24, 2.45) is 13.0 Å². The topological polar surface area (TPSA) is 97.6 Å². The van der Waals surface area contributed by atoms with Gasteiger partial charge in [-0.05, 0) is 23.3 Å². The van der Waals surface area contributed by atoms with E-state index in [9.17, 15) is 9.90 Å². The summed E-state index contributed by atoms with van der Waals surface area (Å²) in [4.78, 5) is 12.7. The SMILES string of the molecule is COc1cc(OC)cc(C(O)CNC(=O)[C@H]2CNC[C@@H]2c2cnn(C)c2)c1. The zero-order valence-electron chi connectivity index (χ0n) is 15.8. The molecule has 3 atom stereocenters. The van der Waals surface area contributed by atoms with Crippen molar-refractivity contribution in [2.75, 3.05) is 33.9 Å². The molecule has 1 amide bonds. The summed E-state index contributed by atoms with van der Waals surface area (Å²) in [7, 11) is 4.97. The maximum Gasteiger partial charge on any atom is 0.225 e. The first-order chi connectivity index (χ1) is 13.0. The van der Waals surface area contributed by atoms with E-state index in [1.807, 2.05) is 13.2 Å². The van der Waals surface area contributed by atoms with Crippen LogP contribution in [-0.4, -0.2) is 54.6 Å². The summed E-state index contributed by atoms with van der Waals surface area (Å²) in [6, 6.07) is 5.20. The van der Waals surface area contributed by atoms with Gasteiger partial charge in [-0.2, -0.15) is 5.10 Å². The van der Waals surface area contributed by atoms with Gasteiger partial charge in [0.25, 0.3) is 0 Å². The molecule has 2 heterocycles. The third-order valence-electron chi connectivity index (χ3n) is 4.93. The fourth-order valence-electron chi connectivity index (χ4n) is 3.40. The number of aliphatic hydroxyl groups is 1. The average molecular weight is 374 g/mol. The summed E-state index contributed by atoms with van der Waals surface area (Å²) in [5, 5.41) is 20.8. The molecular weight excluding hydrogens is 348 g/mol. The highest BCUT2D eigenvalue weighted by Gasteiger charge is 2.34. The summed E-state index contributed by atoms with van der Waals surface area (Å²) in [5.41, 5.74) is 1.67. The summed E-state index contributed by atoms with van der Waals surface area (Å²) < 4.78 is 12.2. The Hall–Kier alpha value is -2.58. The third-order valence-corrected chi connectivity index (χ3v) is 4.93. The first-order valence-electron chi connectivity index (χ1n) is 8.89. The van der Waals surface area contributed by atoms with Crippen molar-refractivity contribution in [3.8, 4) is 11.5 Å². The smallest absolute Gasteiger partial charge is 0.225 e. The second-order valence-corrected chi connectivity index (χ2v) is 6.73. The van der Waals surface area contributed by atoms with Gasteiger partial charge in [0.15, 0.2) is 0 Å². The molecule has 2 aromatic rings. The molecule has 146 valence electrons. The molecule has 1 unspecified atom stereocenters. The van der Waals surface area contributed by atoms with Crippen LogP contribution >= 0.6 is 0 Å². The van der Waals surface area contributed by atoms with Crippen LogP contribution in [0.15, 0.2) is 30.6 Å². The molecule has 3 N–H and O–H groups in total. The van der Waals surface area contributed by atoms with Crippen molar-refractivity contribution in [3.63, 3.8) is 0 Å². The predicted molar refractivity (Wildman–Crippen MR) is 99.8 cm³/mol. The number of hydrogen-bond donors (Lipinski definition) is 3. The van der Waals surface area contributed by atoms with Crippen LogP contribution in [0.5, 0.6) is 11.5 Å². The molecular formula is C19H26N4O4. The maximum atomic E-state index is 12.7. The van der Waals surface area contributed by atoms with Crippen LogP contribution in [0.4, 0.5) is 0 Å². The number of methoxy groups -OCH3 is 2. The van der Waals surface area contributed by atoms with Crippen molar-refractivity contribution < 1.29 is 19.4 Å². The predicted octanol–water partition coefficient (Wildman–Crippen LogP) is 0.590. The van der Waals surface area contributed by atoms with E-state index in [4.69, 9.17) is 9.47 Å². The minimum absolute atomic E-state index is 0.0766. The second kappa shape index (κ2) is 8.41. The van der Waals surface area contributed by atoms with E-state index in [0.29, 0.717) is 23.6 Å². The van der Waals surface area contributed by atoms with Gasteiger partial charge in [-0.3, -0.25) is 9.48 Å². The van der Waals surface area contributed by atoms with Crippen molar-refractivity contribution in [1.82, 2.24) is 20.4 Å². The Morgan fingerprint density at radius 2 is 2.04 bits per heavy atom. The van der Waals surface area contributed by atoms with Crippen LogP contribution < -0.4 is 20.1 Å². The highest BCUT2D eigenvalue weighted by molar-refractivity contribution is 5.80. The number of aliphatic hydroxyl groups excluding tert-OH is 1. The van der Waals surface area contributed by atoms with Crippen LogP contribution in [0, 0.1) is 5.92 Å². The molecule has 1 aliphatic heterocycles. The van der Waals surface area contributed by atoms with Crippen molar-refractivity contribution in [1.29, 1.82) is 0 Å². The van der Waals surface area contributed by atoms with Crippen LogP contribution in [0.25, 0.3) is 0 Å². The van der Waals surface area contributed by atoms with Gasteiger partial charge >= 0.3 is 0 Å². The maximum absolute atomic E-state index is 12.7. The van der Waals surface area contributed by atoms with Gasteiger partial charge in [-0.1, -0.05) is 0 Å². The van der Waals surface area contributed by atoms with E-state index >= 15 is 0 Å². The van der Waals surface area contributed by atoms with Gasteiger partial charge in [0, 0.05) is 44.9 Å². The summed E-state index contributed by atoms with van der Waals surface area (Å²) in [6.45, 7) is 1.46. The molecule has 1 saturated heterocycles. The van der Waals surface area contributed by atoms with E-state index in [1.54, 1.807) is 43.3 Å². The largest absolute Gasteiger partial charge is 0.497 e. The van der Waals surface area contributed by atoms with Gasteiger partial charge in [0.05, 0.1) is 32.4 Å². The number of hydrogen-bond acceptors (Lipinski definition) is 6. The third kappa shape index (κ3) is 4.40. The number of rotatable bonds is 7. The number of amides is 1. The second-order valence-electron chi connectivity index (χ2n) is 6.73. The lowest BCUT2D eigenvalue weighted by Gasteiger charge is -2.19. The van der Waals surface area contributed by atoms with Gasteiger partial charge in [-0.25, -0.2) is 0 Å². The zero-order valence-corrected chi connectivity index (χ0v) is 15.8. The fraction of sp³-hybridized carbons (Fsp3) is 0.474. The molecule has 8 heteroatoms. The van der Waals surface area contributed by atoms with Crippen LogP contribution in [0.3, 0.4) is 0 Å². The minimum atomic E-state index is -0.857. The normalized spacial score (nSPS) is 20.3. The Labute approximate surface area is 158 Å². The molecule has 1 fully saturated rings. The Kier molecular flexibility index (Phi) is 5.98. The van der Waals surface area contributed by atoms with Gasteiger partial charge in [-0.15, -0.1) is 0 Å². The van der Waals surface area contributed by atoms with E-state index < -0.39 is 6.10 Å². The molecule has 1 aliphatic rings. The van der Waals surface area contributed by atoms with Crippen LogP contribution in [0.2, 0.25) is 0 Å². The highest BCUT2D eigenvalue weighted by Crippen LogP contribution is 2.29. The van der Waals surface area contributed by atoms with Crippen molar-refractivity contribution in [3.05, 3.63) is 41.7 Å². The first kappa shape index (κ1) is 19.2. The molecule has 0 aliphatic carbocycles. The Morgan fingerprint density at radius 3 is 2.63 bits per heavy atom. The summed E-state index contributed by atoms with van der Waals surface area (Å²) >= 11 is 0. The quantitative estimate of drug-likeness (QED) is 0.656. The Balaban J connectivity index is 1.63. The van der Waals surface area contributed by atoms with Crippen LogP contribution in [-0.2, 0) is 11.8 Å². The molecule has 0 bridgehead atoms. The van der Waals surface area contributed by atoms with E-state index in [-0.39, 0.29) is 24.3 Å². The number of ether oxygens (including phenoxy) is 2. The average Bonchev–Trinajstić information content (AvgIpc) is 3.34. The van der Waals surface area contributed by atoms with Crippen LogP contribution in [0.1, 0.15) is 23.1 Å². The summed E-state index contributed by atoms with van der Waals surface area (Å²) in [6.07, 6.45) is 2.88. The van der Waals surface area contributed by atoms with Gasteiger partial charge in [0.2, 0.25) is 5.91 Å². The standard InChI is InChI=1S/C19H26N4O4/c1-23-11-13(7-22-23)16-8-20-9-17(16)19(25)21-10-18(24)12-4-14(26-2)6-15(5-12)27-3/h4-7,11,16-18,20,24H,8-10H2,1-3H3,(H,21,25)/t16-,17+,18?/m1/s1. The number of nitrogens with one attached hydrogen (secondary N) is 2. The molecule has 27 heavy (non-hydrogen) atoms. The van der Waals surface area contributed by atoms with Gasteiger partial charge in [0.1, 0.15) is 11.5 Å². The number of carbonyl (C=O) groups excluding carboxylic acids is 1. The highest BCUT2D eigenvalue weighted by atomic mass is 16.5. The monoisotopic (exact) mass is 374 g/mol. The number of nitrogens with zero attached hydrogens (tertiary/aromatic N) is 2. The molecule has 0 radical (unpaired) electrons. The molecule has 0 saturated carbocycles. The minimum Gasteiger partial charge on any atom is -0.497 e. The van der Waals surface area contributed by atoms with E-state index in [2.05, 4.69) is 15.7 Å². The molecule has 1 aromatic heterocycles. The number of aromatic nitrogens is 2. The molecule has 0 spiro atoms. The Bertz CT molecular complexity index is 770. The molecule has 1 aromatic carbocycles. The first-order valence-corrected chi connectivity index (χ1v) is 8.89. The lowest BCUT2D eigenvalue weighted by molar-refractivity contribution is -0.125. The van der Waals surface area contributed by atoms with Gasteiger partial charge < -0.3 is 25.2 Å². The zero-order chi connectivity index (χ0) is 19.4.